The molecular weight excluding hydrogens is 344 g/mol. The molecule has 1 heterocycles. The first kappa shape index (κ1) is 18.3. The number of carbonyl (C=O) groups is 1. The van der Waals surface area contributed by atoms with E-state index in [1.165, 1.54) is 13.2 Å². The molecule has 5 heteroatoms. The summed E-state index contributed by atoms with van der Waals surface area (Å²) in [7, 11) is 3.16. The summed E-state index contributed by atoms with van der Waals surface area (Å²) in [6.07, 6.45) is 3.09. The number of carbonyl (C=O) groups excluding carboxylic acids is 1. The number of ether oxygens (including phenoxy) is 3. The van der Waals surface area contributed by atoms with Gasteiger partial charge in [-0.05, 0) is 60.7 Å². The Kier molecular flexibility index (Phi) is 5.94. The molecule has 0 aliphatic rings. The molecule has 0 spiro atoms. The lowest BCUT2D eigenvalue weighted by Crippen LogP contribution is -1.98. The highest BCUT2D eigenvalue weighted by atomic mass is 16.5. The quantitative estimate of drug-likeness (QED) is 0.426. The first-order chi connectivity index (χ1) is 13.2. The van der Waals surface area contributed by atoms with Gasteiger partial charge in [-0.15, -0.1) is 0 Å². The molecule has 138 valence electrons. The number of rotatable bonds is 8. The van der Waals surface area contributed by atoms with E-state index in [-0.39, 0.29) is 5.78 Å². The van der Waals surface area contributed by atoms with Crippen LogP contribution in [-0.2, 0) is 6.61 Å². The topological polar surface area (TPSA) is 57.9 Å². The van der Waals surface area contributed by atoms with Crippen LogP contribution in [-0.4, -0.2) is 20.0 Å². The van der Waals surface area contributed by atoms with Crippen LogP contribution in [0.4, 0.5) is 0 Å². The lowest BCUT2D eigenvalue weighted by Gasteiger charge is -2.05. The molecule has 0 aliphatic heterocycles. The maximum atomic E-state index is 12.3. The Hall–Kier alpha value is -3.47. The molecule has 0 bridgehead atoms. The second-order valence-electron chi connectivity index (χ2n) is 5.67. The monoisotopic (exact) mass is 364 g/mol. The van der Waals surface area contributed by atoms with Gasteiger partial charge in [0.1, 0.15) is 35.4 Å². The van der Waals surface area contributed by atoms with Crippen molar-refractivity contribution >= 4 is 11.9 Å². The van der Waals surface area contributed by atoms with Crippen LogP contribution in [0.1, 0.15) is 21.9 Å². The van der Waals surface area contributed by atoms with Crippen LogP contribution in [0.2, 0.25) is 0 Å². The van der Waals surface area contributed by atoms with Crippen molar-refractivity contribution in [2.75, 3.05) is 14.2 Å². The van der Waals surface area contributed by atoms with E-state index in [1.54, 1.807) is 37.5 Å². The third kappa shape index (κ3) is 4.79. The first-order valence-corrected chi connectivity index (χ1v) is 8.40. The maximum absolute atomic E-state index is 12.3. The van der Waals surface area contributed by atoms with Crippen LogP contribution in [0.3, 0.4) is 0 Å². The zero-order valence-corrected chi connectivity index (χ0v) is 15.2. The molecule has 1 aromatic heterocycles. The Morgan fingerprint density at radius 1 is 0.926 bits per heavy atom. The van der Waals surface area contributed by atoms with E-state index in [4.69, 9.17) is 18.6 Å². The highest BCUT2D eigenvalue weighted by molar-refractivity contribution is 6.08. The van der Waals surface area contributed by atoms with E-state index >= 15 is 0 Å². The van der Waals surface area contributed by atoms with Gasteiger partial charge in [-0.3, -0.25) is 4.79 Å². The lowest BCUT2D eigenvalue weighted by molar-refractivity contribution is 0.104. The first-order valence-electron chi connectivity index (χ1n) is 8.40. The van der Waals surface area contributed by atoms with Crippen molar-refractivity contribution in [2.24, 2.45) is 0 Å². The molecule has 0 saturated heterocycles. The molecule has 0 unspecified atom stereocenters. The number of furan rings is 1. The highest BCUT2D eigenvalue weighted by Gasteiger charge is 2.08. The van der Waals surface area contributed by atoms with Gasteiger partial charge >= 0.3 is 0 Å². The summed E-state index contributed by atoms with van der Waals surface area (Å²) in [5.41, 5.74) is 0.505. The number of hydrogen-bond acceptors (Lipinski definition) is 5. The van der Waals surface area contributed by atoms with Crippen molar-refractivity contribution in [1.29, 1.82) is 0 Å². The third-order valence-electron chi connectivity index (χ3n) is 3.89. The molecule has 0 N–H and O–H groups in total. The van der Waals surface area contributed by atoms with Crippen LogP contribution in [0.5, 0.6) is 17.2 Å². The van der Waals surface area contributed by atoms with E-state index in [0.29, 0.717) is 29.4 Å². The highest BCUT2D eigenvalue weighted by Crippen LogP contribution is 2.20. The summed E-state index contributed by atoms with van der Waals surface area (Å²) < 4.78 is 21.7. The van der Waals surface area contributed by atoms with Gasteiger partial charge in [-0.25, -0.2) is 0 Å². The minimum absolute atomic E-state index is 0.153. The normalized spacial score (nSPS) is 10.7. The van der Waals surface area contributed by atoms with Gasteiger partial charge in [0.2, 0.25) is 0 Å². The Morgan fingerprint density at radius 2 is 1.67 bits per heavy atom. The van der Waals surface area contributed by atoms with Crippen LogP contribution >= 0.6 is 0 Å². The van der Waals surface area contributed by atoms with E-state index < -0.39 is 0 Å². The van der Waals surface area contributed by atoms with E-state index in [9.17, 15) is 4.79 Å². The van der Waals surface area contributed by atoms with E-state index in [2.05, 4.69) is 0 Å². The van der Waals surface area contributed by atoms with Gasteiger partial charge in [0.15, 0.2) is 5.78 Å². The van der Waals surface area contributed by atoms with Crippen molar-refractivity contribution < 1.29 is 23.4 Å². The van der Waals surface area contributed by atoms with Crippen molar-refractivity contribution in [3.05, 3.63) is 83.8 Å². The van der Waals surface area contributed by atoms with Gasteiger partial charge < -0.3 is 18.6 Å². The second-order valence-corrected chi connectivity index (χ2v) is 5.67. The van der Waals surface area contributed by atoms with E-state index in [1.807, 2.05) is 36.4 Å². The molecule has 3 aromatic rings. The van der Waals surface area contributed by atoms with Crippen LogP contribution < -0.4 is 14.2 Å². The average molecular weight is 364 g/mol. The number of benzene rings is 2. The largest absolute Gasteiger partial charge is 0.497 e. The van der Waals surface area contributed by atoms with Gasteiger partial charge in [-0.1, -0.05) is 12.1 Å². The van der Waals surface area contributed by atoms with Gasteiger partial charge in [0, 0.05) is 0 Å². The summed E-state index contributed by atoms with van der Waals surface area (Å²) in [6, 6.07) is 18.0. The molecule has 5 nitrogen and oxygen atoms in total. The number of hydrogen-bond donors (Lipinski definition) is 0. The zero-order valence-electron chi connectivity index (χ0n) is 15.2. The van der Waals surface area contributed by atoms with Gasteiger partial charge in [0.25, 0.3) is 0 Å². The summed E-state index contributed by atoms with van der Waals surface area (Å²) in [6.45, 7) is 0.292. The van der Waals surface area contributed by atoms with Crippen LogP contribution in [0.15, 0.2) is 71.2 Å². The molecule has 0 saturated carbocycles. The minimum atomic E-state index is -0.153. The Bertz CT molecular complexity index is 922. The molecule has 0 aliphatic carbocycles. The third-order valence-corrected chi connectivity index (χ3v) is 3.89. The fourth-order valence-electron chi connectivity index (χ4n) is 2.48. The molecule has 0 amide bonds. The van der Waals surface area contributed by atoms with Crippen molar-refractivity contribution in [1.82, 2.24) is 0 Å². The Labute approximate surface area is 157 Å². The fraction of sp³-hybridized carbons (Fsp3) is 0.136. The van der Waals surface area contributed by atoms with Crippen molar-refractivity contribution in [2.45, 2.75) is 6.61 Å². The summed E-state index contributed by atoms with van der Waals surface area (Å²) in [4.78, 5) is 12.3. The molecule has 3 rings (SSSR count). The number of para-hydroxylation sites is 1. The molecular formula is C22H20O5. The van der Waals surface area contributed by atoms with Crippen molar-refractivity contribution in [3.8, 4) is 17.2 Å². The van der Waals surface area contributed by atoms with Gasteiger partial charge in [0.05, 0.1) is 19.8 Å². The standard InChI is InChI=1S/C22H20O5/c1-24-16-7-9-17(10-8-16)26-15-19-12-11-18(27-19)13-14-21(23)20-5-3-4-6-22(20)25-2/h3-14H,15H2,1-2H3/b14-13+. The molecule has 2 aromatic carbocycles. The maximum Gasteiger partial charge on any atom is 0.189 e. The predicted molar refractivity (Wildman–Crippen MR) is 102 cm³/mol. The molecule has 0 atom stereocenters. The predicted octanol–water partition coefficient (Wildman–Crippen LogP) is 4.77. The zero-order chi connectivity index (χ0) is 19.1. The smallest absolute Gasteiger partial charge is 0.189 e. The summed E-state index contributed by atoms with van der Waals surface area (Å²) in [5, 5.41) is 0. The molecule has 27 heavy (non-hydrogen) atoms. The number of methoxy groups -OCH3 is 2. The average Bonchev–Trinajstić information content (AvgIpc) is 3.18. The molecule has 0 radical (unpaired) electrons. The second kappa shape index (κ2) is 8.76. The summed E-state index contributed by atoms with van der Waals surface area (Å²) in [5.74, 6) is 3.12. The number of ketones is 1. The number of allylic oxidation sites excluding steroid dienone is 1. The van der Waals surface area contributed by atoms with Gasteiger partial charge in [-0.2, -0.15) is 0 Å². The van der Waals surface area contributed by atoms with Crippen LogP contribution in [0, 0.1) is 0 Å². The Balaban J connectivity index is 1.60. The SMILES string of the molecule is COc1ccc(OCc2ccc(/C=C/C(=O)c3ccccc3OC)o2)cc1. The molecule has 0 fully saturated rings. The fourth-order valence-corrected chi connectivity index (χ4v) is 2.48. The van der Waals surface area contributed by atoms with Crippen LogP contribution in [0.25, 0.3) is 6.08 Å². The Morgan fingerprint density at radius 3 is 2.41 bits per heavy atom. The lowest BCUT2D eigenvalue weighted by atomic mass is 10.1. The van der Waals surface area contributed by atoms with Crippen molar-refractivity contribution in [3.63, 3.8) is 0 Å². The minimum Gasteiger partial charge on any atom is -0.497 e. The summed E-state index contributed by atoms with van der Waals surface area (Å²) >= 11 is 0. The van der Waals surface area contributed by atoms with E-state index in [0.717, 1.165) is 11.5 Å².